The lowest BCUT2D eigenvalue weighted by Gasteiger charge is -2.28. The second kappa shape index (κ2) is 36.8. The number of hydrogen-bond donors (Lipinski definition) is 17. The summed E-state index contributed by atoms with van der Waals surface area (Å²) >= 11 is 0. The number of benzene rings is 1. The molecule has 0 bridgehead atoms. The molecule has 0 aromatic heterocycles. The maximum atomic E-state index is 14.1. The van der Waals surface area contributed by atoms with Crippen LogP contribution in [0.4, 0.5) is 0 Å². The second-order valence-electron chi connectivity index (χ2n) is 20.4. The van der Waals surface area contributed by atoms with Gasteiger partial charge in [0.05, 0.1) is 25.5 Å². The fraction of sp³-hybridized carbons (Fsp3) is 0.608. The van der Waals surface area contributed by atoms with E-state index in [0.717, 1.165) is 6.92 Å². The fourth-order valence-electron chi connectivity index (χ4n) is 7.79. The molecule has 10 atom stereocenters. The summed E-state index contributed by atoms with van der Waals surface area (Å²) in [6.45, 7) is 7.08. The van der Waals surface area contributed by atoms with Crippen molar-refractivity contribution in [2.24, 2.45) is 40.5 Å². The van der Waals surface area contributed by atoms with E-state index in [4.69, 9.17) is 28.7 Å². The molecular formula is C51H82N14O17. The van der Waals surface area contributed by atoms with Crippen LogP contribution in [0.2, 0.25) is 0 Å². The summed E-state index contributed by atoms with van der Waals surface area (Å²) in [5, 5.41) is 50.2. The Kier molecular flexibility index (Phi) is 32.2. The van der Waals surface area contributed by atoms with Crippen molar-refractivity contribution in [3.05, 3.63) is 35.9 Å². The number of nitrogens with two attached hydrogens (primary N) is 5. The Hall–Kier alpha value is -8.32. The van der Waals surface area contributed by atoms with Gasteiger partial charge in [-0.2, -0.15) is 0 Å². The van der Waals surface area contributed by atoms with Gasteiger partial charge in [-0.05, 0) is 69.4 Å². The molecule has 0 unspecified atom stereocenters. The zero-order chi connectivity index (χ0) is 62.4. The second-order valence-corrected chi connectivity index (χ2v) is 20.4. The Bertz CT molecular complexity index is 2390. The highest BCUT2D eigenvalue weighted by Gasteiger charge is 2.36. The van der Waals surface area contributed by atoms with E-state index in [9.17, 15) is 82.4 Å². The molecule has 0 spiro atoms. The first-order valence-corrected chi connectivity index (χ1v) is 26.5. The molecule has 1 aromatic rings. The first kappa shape index (κ1) is 71.7. The zero-order valence-corrected chi connectivity index (χ0v) is 46.7. The molecule has 0 saturated carbocycles. The van der Waals surface area contributed by atoms with Crippen molar-refractivity contribution in [3.63, 3.8) is 0 Å². The molecule has 82 heavy (non-hydrogen) atoms. The molecule has 12 amide bonds. The van der Waals surface area contributed by atoms with Crippen LogP contribution in [-0.2, 0) is 73.5 Å². The highest BCUT2D eigenvalue weighted by atomic mass is 16.4. The topological polar surface area (TPSA) is 538 Å². The third kappa shape index (κ3) is 28.2. The van der Waals surface area contributed by atoms with E-state index >= 15 is 0 Å². The van der Waals surface area contributed by atoms with Crippen LogP contribution in [0.15, 0.2) is 30.3 Å². The number of carbonyl (C=O) groups is 14. The normalized spacial score (nSPS) is 14.7. The lowest BCUT2D eigenvalue weighted by Crippen LogP contribution is -2.61. The Morgan fingerprint density at radius 2 is 0.854 bits per heavy atom. The van der Waals surface area contributed by atoms with Crippen molar-refractivity contribution in [2.45, 2.75) is 172 Å². The van der Waals surface area contributed by atoms with Crippen molar-refractivity contribution >= 4 is 82.8 Å². The van der Waals surface area contributed by atoms with E-state index < -0.39 is 188 Å². The van der Waals surface area contributed by atoms with Crippen molar-refractivity contribution < 1.29 is 82.4 Å². The summed E-state index contributed by atoms with van der Waals surface area (Å²) in [7, 11) is 0. The van der Waals surface area contributed by atoms with Gasteiger partial charge in [0.15, 0.2) is 0 Å². The van der Waals surface area contributed by atoms with Gasteiger partial charge in [0.25, 0.3) is 0 Å². The number of amides is 12. The van der Waals surface area contributed by atoms with E-state index in [2.05, 4.69) is 42.5 Å². The van der Waals surface area contributed by atoms with Gasteiger partial charge in [-0.3, -0.25) is 62.3 Å². The Morgan fingerprint density at radius 1 is 0.451 bits per heavy atom. The van der Waals surface area contributed by atoms with Crippen LogP contribution in [0.3, 0.4) is 0 Å². The Labute approximate surface area is 473 Å². The Balaban J connectivity index is 3.44. The summed E-state index contributed by atoms with van der Waals surface area (Å²) < 4.78 is 0. The SMILES string of the molecule is CC(C)C[C@H](NC(=O)[C@H](CC(C)C)NC(=O)[C@H](CO)NC(=O)[C@H](CCC(N)=O)NC(=O)[C@H](Cc1ccccc1)NC(=O)[C@@H](N)CCCCN)C(=O)N[C@@H](CC(N)=O)C(=O)N[C@@H](CCC(=O)O)C(=O)N[C@@H](C)C(=O)N[C@@H](CC(N)=O)C(=O)O. The van der Waals surface area contributed by atoms with E-state index in [1.807, 2.05) is 5.32 Å². The van der Waals surface area contributed by atoms with Crippen molar-refractivity contribution in [1.82, 2.24) is 47.9 Å². The zero-order valence-electron chi connectivity index (χ0n) is 46.7. The third-order valence-corrected chi connectivity index (χ3v) is 12.1. The predicted octanol–water partition coefficient (Wildman–Crippen LogP) is -5.88. The first-order chi connectivity index (χ1) is 38.4. The average molecular weight is 1160 g/mol. The van der Waals surface area contributed by atoms with E-state index in [0.29, 0.717) is 24.9 Å². The smallest absolute Gasteiger partial charge is 0.326 e. The molecule has 458 valence electrons. The molecule has 0 aliphatic rings. The molecule has 0 saturated heterocycles. The Morgan fingerprint density at radius 3 is 1.32 bits per heavy atom. The van der Waals surface area contributed by atoms with Crippen LogP contribution >= 0.6 is 0 Å². The number of carboxylic acid groups (broad SMARTS) is 2. The maximum Gasteiger partial charge on any atom is 0.326 e. The highest BCUT2D eigenvalue weighted by Crippen LogP contribution is 2.12. The molecule has 31 heteroatoms. The molecule has 0 radical (unpaired) electrons. The molecule has 0 heterocycles. The number of unbranched alkanes of at least 4 members (excludes halogenated alkanes) is 1. The number of rotatable bonds is 40. The first-order valence-electron chi connectivity index (χ1n) is 26.5. The molecule has 22 N–H and O–H groups in total. The van der Waals surface area contributed by atoms with Crippen molar-refractivity contribution in [2.75, 3.05) is 13.2 Å². The third-order valence-electron chi connectivity index (χ3n) is 12.1. The number of aliphatic hydroxyl groups excluding tert-OH is 1. The molecule has 1 rings (SSSR count). The van der Waals surface area contributed by atoms with Crippen LogP contribution in [0.25, 0.3) is 0 Å². The summed E-state index contributed by atoms with van der Waals surface area (Å²) in [5.41, 5.74) is 28.1. The number of carbonyl (C=O) groups excluding carboxylic acids is 12. The van der Waals surface area contributed by atoms with Crippen molar-refractivity contribution in [3.8, 4) is 0 Å². The van der Waals surface area contributed by atoms with E-state index in [-0.39, 0.29) is 37.5 Å². The van der Waals surface area contributed by atoms with Crippen LogP contribution in [0, 0.1) is 11.8 Å². The fourth-order valence-corrected chi connectivity index (χ4v) is 7.79. The van der Waals surface area contributed by atoms with Gasteiger partial charge in [0, 0.05) is 19.3 Å². The van der Waals surface area contributed by atoms with Gasteiger partial charge in [0.2, 0.25) is 70.9 Å². The van der Waals surface area contributed by atoms with Gasteiger partial charge in [-0.15, -0.1) is 0 Å². The summed E-state index contributed by atoms with van der Waals surface area (Å²) in [5.74, 6) is -16.2. The molecule has 0 aliphatic heterocycles. The predicted molar refractivity (Wildman–Crippen MR) is 291 cm³/mol. The number of carboxylic acids is 2. The van der Waals surface area contributed by atoms with Crippen molar-refractivity contribution in [1.29, 1.82) is 0 Å². The van der Waals surface area contributed by atoms with E-state index in [1.165, 1.54) is 0 Å². The average Bonchev–Trinajstić information content (AvgIpc) is 3.39. The minimum absolute atomic E-state index is 0.0627. The van der Waals surface area contributed by atoms with E-state index in [1.54, 1.807) is 58.0 Å². The number of nitrogens with one attached hydrogen (secondary N) is 9. The number of hydrogen-bond acceptors (Lipinski definition) is 17. The molecular weight excluding hydrogens is 1080 g/mol. The number of primary amides is 3. The lowest BCUT2D eigenvalue weighted by atomic mass is 9.99. The lowest BCUT2D eigenvalue weighted by molar-refractivity contribution is -0.143. The van der Waals surface area contributed by atoms with Gasteiger partial charge < -0.3 is 91.8 Å². The largest absolute Gasteiger partial charge is 0.481 e. The minimum Gasteiger partial charge on any atom is -0.481 e. The van der Waals surface area contributed by atoms with Crippen LogP contribution in [0.1, 0.15) is 111 Å². The number of aliphatic carboxylic acids is 2. The van der Waals surface area contributed by atoms with Crippen LogP contribution in [0.5, 0.6) is 0 Å². The van der Waals surface area contributed by atoms with Crippen LogP contribution < -0.4 is 76.5 Å². The summed E-state index contributed by atoms with van der Waals surface area (Å²) in [4.78, 5) is 181. The quantitative estimate of drug-likeness (QED) is 0.0272. The van der Waals surface area contributed by atoms with Crippen LogP contribution in [-0.4, -0.2) is 172 Å². The highest BCUT2D eigenvalue weighted by molar-refractivity contribution is 6.00. The minimum atomic E-state index is -1.89. The molecule has 31 nitrogen and oxygen atoms in total. The number of aliphatic hydroxyl groups is 1. The summed E-state index contributed by atoms with van der Waals surface area (Å²) in [6.07, 6.45) is -2.85. The maximum absolute atomic E-state index is 14.1. The monoisotopic (exact) mass is 1160 g/mol. The van der Waals surface area contributed by atoms with Gasteiger partial charge in [0.1, 0.15) is 54.4 Å². The standard InChI is InChI=1S/C51H82N14O17/c1-25(2)19-32(47(77)63-35(22-39(55)68)49(79)59-31(15-17-41(70)71)44(74)57-27(5)42(72)64-36(51(81)82)23-40(56)69)61-46(76)33(20-26(3)4)62-50(80)37(24-66)65-45(75)30(14-16-38(54)67)58-48(78)34(21-28-11-7-6-8-12-28)60-43(73)29(53)13-9-10-18-52/h6-8,11-12,25-27,29-37,66H,9-10,13-24,52-53H2,1-5H3,(H2,54,67)(H2,55,68)(H2,56,69)(H,57,74)(H,58,78)(H,59,79)(H,60,73)(H,61,76)(H,62,80)(H,63,77)(H,64,72)(H,65,75)(H,70,71)(H,81,82)/t27-,29-,30-,31-,32-,33-,34-,35-,36-,37-/m0/s1. The van der Waals surface area contributed by atoms with Gasteiger partial charge >= 0.3 is 11.9 Å². The van der Waals surface area contributed by atoms with Gasteiger partial charge in [-0.1, -0.05) is 64.4 Å². The molecule has 0 aliphatic carbocycles. The molecule has 1 aromatic carbocycles. The summed E-state index contributed by atoms with van der Waals surface area (Å²) in [6, 6.07) is -7.20. The molecule has 0 fully saturated rings. The van der Waals surface area contributed by atoms with Gasteiger partial charge in [-0.25, -0.2) is 4.79 Å².